The Morgan fingerprint density at radius 1 is 1.23 bits per heavy atom. The highest BCUT2D eigenvalue weighted by Crippen LogP contribution is 2.04. The van der Waals surface area contributed by atoms with Crippen LogP contribution in [0.5, 0.6) is 0 Å². The van der Waals surface area contributed by atoms with E-state index in [1.165, 1.54) is 25.8 Å². The molecule has 2 atom stereocenters. The van der Waals surface area contributed by atoms with Crippen LogP contribution in [0.15, 0.2) is 0 Å². The smallest absolute Gasteiger partial charge is 0.0215 e. The second-order valence-electron chi connectivity index (χ2n) is 4.01. The minimum absolute atomic E-state index is 0.576. The van der Waals surface area contributed by atoms with Gasteiger partial charge >= 0.3 is 0 Å². The van der Waals surface area contributed by atoms with Crippen molar-refractivity contribution in [3.63, 3.8) is 0 Å². The van der Waals surface area contributed by atoms with Crippen LogP contribution in [0.3, 0.4) is 0 Å². The van der Waals surface area contributed by atoms with Crippen molar-refractivity contribution < 1.29 is 0 Å². The zero-order valence-corrected chi connectivity index (χ0v) is 9.93. The van der Waals surface area contributed by atoms with Crippen molar-refractivity contribution >= 4 is 0 Å². The standard InChI is InChI=1S/C11H26N2/c1-6-7-8-9-13(5)11(3)10(2)12-4/h10-12H,6-9H2,1-5H3. The molecule has 0 saturated carbocycles. The van der Waals surface area contributed by atoms with Gasteiger partial charge in [0.1, 0.15) is 0 Å². The van der Waals surface area contributed by atoms with E-state index >= 15 is 0 Å². The summed E-state index contributed by atoms with van der Waals surface area (Å²) in [6, 6.07) is 1.20. The van der Waals surface area contributed by atoms with E-state index in [1.807, 2.05) is 7.05 Å². The first-order chi connectivity index (χ1) is 6.13. The van der Waals surface area contributed by atoms with Crippen LogP contribution >= 0.6 is 0 Å². The lowest BCUT2D eigenvalue weighted by Crippen LogP contribution is -2.44. The van der Waals surface area contributed by atoms with Crippen LogP contribution in [0.25, 0.3) is 0 Å². The highest BCUT2D eigenvalue weighted by atomic mass is 15.1. The van der Waals surface area contributed by atoms with E-state index in [9.17, 15) is 0 Å². The Morgan fingerprint density at radius 3 is 2.31 bits per heavy atom. The van der Waals surface area contributed by atoms with Gasteiger partial charge < -0.3 is 10.2 Å². The van der Waals surface area contributed by atoms with E-state index in [0.717, 1.165) is 0 Å². The molecular formula is C11H26N2. The van der Waals surface area contributed by atoms with Crippen LogP contribution in [0, 0.1) is 0 Å². The summed E-state index contributed by atoms with van der Waals surface area (Å²) in [5, 5.41) is 3.29. The quantitative estimate of drug-likeness (QED) is 0.613. The van der Waals surface area contributed by atoms with E-state index in [-0.39, 0.29) is 0 Å². The molecule has 0 amide bonds. The van der Waals surface area contributed by atoms with Crippen molar-refractivity contribution in [1.29, 1.82) is 0 Å². The van der Waals surface area contributed by atoms with Gasteiger partial charge in [-0.05, 0) is 40.9 Å². The maximum absolute atomic E-state index is 3.29. The molecule has 0 aromatic rings. The normalized spacial score (nSPS) is 16.2. The number of nitrogens with one attached hydrogen (secondary N) is 1. The van der Waals surface area contributed by atoms with Crippen molar-refractivity contribution in [3.05, 3.63) is 0 Å². The lowest BCUT2D eigenvalue weighted by Gasteiger charge is -2.29. The second-order valence-corrected chi connectivity index (χ2v) is 4.01. The zero-order valence-electron chi connectivity index (χ0n) is 9.93. The lowest BCUT2D eigenvalue weighted by molar-refractivity contribution is 0.215. The van der Waals surface area contributed by atoms with E-state index in [0.29, 0.717) is 12.1 Å². The first-order valence-electron chi connectivity index (χ1n) is 5.51. The molecule has 0 fully saturated rings. The van der Waals surface area contributed by atoms with Gasteiger partial charge in [-0.15, -0.1) is 0 Å². The number of likely N-dealkylation sites (N-methyl/N-ethyl adjacent to an activating group) is 2. The fourth-order valence-electron chi connectivity index (χ4n) is 1.44. The van der Waals surface area contributed by atoms with Gasteiger partial charge in [0.2, 0.25) is 0 Å². The summed E-state index contributed by atoms with van der Waals surface area (Å²) < 4.78 is 0. The SMILES string of the molecule is CCCCCN(C)C(C)C(C)NC. The van der Waals surface area contributed by atoms with Gasteiger partial charge in [0.05, 0.1) is 0 Å². The molecular weight excluding hydrogens is 160 g/mol. The van der Waals surface area contributed by atoms with Crippen molar-refractivity contribution in [2.24, 2.45) is 0 Å². The monoisotopic (exact) mass is 186 g/mol. The minimum atomic E-state index is 0.576. The fourth-order valence-corrected chi connectivity index (χ4v) is 1.44. The van der Waals surface area contributed by atoms with Crippen LogP contribution in [0.1, 0.15) is 40.0 Å². The average molecular weight is 186 g/mol. The molecule has 13 heavy (non-hydrogen) atoms. The molecule has 0 aromatic heterocycles. The molecule has 0 saturated heterocycles. The average Bonchev–Trinajstić information content (AvgIpc) is 2.15. The molecule has 80 valence electrons. The van der Waals surface area contributed by atoms with Gasteiger partial charge in [-0.25, -0.2) is 0 Å². The highest BCUT2D eigenvalue weighted by Gasteiger charge is 2.14. The predicted octanol–water partition coefficient (Wildman–Crippen LogP) is 2.10. The van der Waals surface area contributed by atoms with Gasteiger partial charge in [-0.3, -0.25) is 0 Å². The Bertz CT molecular complexity index is 115. The van der Waals surface area contributed by atoms with E-state index in [2.05, 4.69) is 38.0 Å². The number of rotatable bonds is 7. The third-order valence-corrected chi connectivity index (χ3v) is 2.99. The van der Waals surface area contributed by atoms with Crippen LogP contribution in [0.4, 0.5) is 0 Å². The van der Waals surface area contributed by atoms with Crippen LogP contribution in [-0.4, -0.2) is 37.6 Å². The summed E-state index contributed by atoms with van der Waals surface area (Å²) in [6.07, 6.45) is 3.99. The predicted molar refractivity (Wildman–Crippen MR) is 60.1 cm³/mol. The Balaban J connectivity index is 3.62. The molecule has 0 bridgehead atoms. The first-order valence-corrected chi connectivity index (χ1v) is 5.51. The Labute approximate surface area is 83.7 Å². The summed E-state index contributed by atoms with van der Waals surface area (Å²) in [5.74, 6) is 0. The molecule has 0 radical (unpaired) electrons. The van der Waals surface area contributed by atoms with Crippen LogP contribution in [-0.2, 0) is 0 Å². The molecule has 2 nitrogen and oxygen atoms in total. The van der Waals surface area contributed by atoms with Gasteiger partial charge in [0.15, 0.2) is 0 Å². The number of hydrogen-bond donors (Lipinski definition) is 1. The minimum Gasteiger partial charge on any atom is -0.316 e. The van der Waals surface area contributed by atoms with Crippen LogP contribution in [0.2, 0.25) is 0 Å². The second kappa shape index (κ2) is 7.34. The molecule has 0 aliphatic heterocycles. The molecule has 0 heterocycles. The van der Waals surface area contributed by atoms with Crippen molar-refractivity contribution in [3.8, 4) is 0 Å². The van der Waals surface area contributed by atoms with E-state index in [1.54, 1.807) is 0 Å². The molecule has 1 N–H and O–H groups in total. The molecule has 2 heteroatoms. The molecule has 0 rings (SSSR count). The summed E-state index contributed by atoms with van der Waals surface area (Å²) in [5.41, 5.74) is 0. The van der Waals surface area contributed by atoms with E-state index in [4.69, 9.17) is 0 Å². The number of nitrogens with zero attached hydrogens (tertiary/aromatic N) is 1. The number of hydrogen-bond acceptors (Lipinski definition) is 2. The van der Waals surface area contributed by atoms with Gasteiger partial charge in [0, 0.05) is 12.1 Å². The summed E-state index contributed by atoms with van der Waals surface area (Å²) in [4.78, 5) is 2.44. The fraction of sp³-hybridized carbons (Fsp3) is 1.00. The van der Waals surface area contributed by atoms with E-state index < -0.39 is 0 Å². The topological polar surface area (TPSA) is 15.3 Å². The Morgan fingerprint density at radius 2 is 1.85 bits per heavy atom. The zero-order chi connectivity index (χ0) is 10.3. The van der Waals surface area contributed by atoms with Gasteiger partial charge in [0.25, 0.3) is 0 Å². The van der Waals surface area contributed by atoms with Gasteiger partial charge in [-0.1, -0.05) is 19.8 Å². The molecule has 2 unspecified atom stereocenters. The van der Waals surface area contributed by atoms with Crippen molar-refractivity contribution in [2.45, 2.75) is 52.1 Å². The highest BCUT2D eigenvalue weighted by molar-refractivity contribution is 4.73. The molecule has 0 spiro atoms. The van der Waals surface area contributed by atoms with Gasteiger partial charge in [-0.2, -0.15) is 0 Å². The summed E-state index contributed by atoms with van der Waals surface area (Å²) in [6.45, 7) is 7.99. The maximum Gasteiger partial charge on any atom is 0.0215 e. The van der Waals surface area contributed by atoms with Crippen molar-refractivity contribution in [1.82, 2.24) is 10.2 Å². The third-order valence-electron chi connectivity index (χ3n) is 2.99. The molecule has 0 aliphatic rings. The molecule has 0 aliphatic carbocycles. The Hall–Kier alpha value is -0.0800. The maximum atomic E-state index is 3.29. The number of unbranched alkanes of at least 4 members (excludes halogenated alkanes) is 2. The Kier molecular flexibility index (Phi) is 7.29. The van der Waals surface area contributed by atoms with Crippen LogP contribution < -0.4 is 5.32 Å². The summed E-state index contributed by atoms with van der Waals surface area (Å²) in [7, 11) is 4.25. The largest absolute Gasteiger partial charge is 0.316 e. The summed E-state index contributed by atoms with van der Waals surface area (Å²) >= 11 is 0. The third kappa shape index (κ3) is 5.27. The first kappa shape index (κ1) is 12.9. The lowest BCUT2D eigenvalue weighted by atomic mass is 10.1. The molecule has 0 aromatic carbocycles. The van der Waals surface area contributed by atoms with Crippen molar-refractivity contribution in [2.75, 3.05) is 20.6 Å².